The second-order valence-electron chi connectivity index (χ2n) is 2.69. The van der Waals surface area contributed by atoms with Gasteiger partial charge >= 0.3 is 0 Å². The molecule has 1 aromatic heterocycles. The number of H-pyrrole nitrogens is 1. The van der Waals surface area contributed by atoms with Crippen LogP contribution in [-0.2, 0) is 0 Å². The number of nitrogens with zero attached hydrogens (tertiary/aromatic N) is 1. The summed E-state index contributed by atoms with van der Waals surface area (Å²) in [6.45, 7) is 0. The minimum absolute atomic E-state index is 0.156. The van der Waals surface area contributed by atoms with Crippen LogP contribution in [0, 0.1) is 5.82 Å². The van der Waals surface area contributed by atoms with Crippen LogP contribution in [0.5, 0.6) is 0 Å². The molecule has 0 bridgehead atoms. The fourth-order valence-corrected chi connectivity index (χ4v) is 1.18. The lowest BCUT2D eigenvalue weighted by atomic mass is 10.2. The molecule has 2 rings (SSSR count). The van der Waals surface area contributed by atoms with E-state index in [2.05, 4.69) is 9.97 Å². The van der Waals surface area contributed by atoms with E-state index in [1.54, 1.807) is 5.48 Å². The average Bonchev–Trinajstić information content (AvgIpc) is 2.17. The fraction of sp³-hybridized carbons (Fsp3) is 0. The third-order valence-corrected chi connectivity index (χ3v) is 1.85. The van der Waals surface area contributed by atoms with Crippen molar-refractivity contribution in [3.63, 3.8) is 0 Å². The lowest BCUT2D eigenvalue weighted by Gasteiger charge is -2.01. The first-order valence-corrected chi connectivity index (χ1v) is 3.79. The van der Waals surface area contributed by atoms with E-state index in [1.807, 2.05) is 0 Å². The van der Waals surface area contributed by atoms with E-state index < -0.39 is 5.82 Å². The van der Waals surface area contributed by atoms with Crippen molar-refractivity contribution in [1.29, 1.82) is 0 Å². The molecule has 0 radical (unpaired) electrons. The maximum atomic E-state index is 13.1. The maximum Gasteiger partial charge on any atom is 0.258 e. The second kappa shape index (κ2) is 3.08. The van der Waals surface area contributed by atoms with Gasteiger partial charge in [-0.15, -0.1) is 0 Å². The summed E-state index contributed by atoms with van der Waals surface area (Å²) in [6.07, 6.45) is 1.19. The van der Waals surface area contributed by atoms with Gasteiger partial charge in [-0.25, -0.2) is 9.37 Å². The average molecular weight is 195 g/mol. The fourth-order valence-electron chi connectivity index (χ4n) is 1.18. The first-order chi connectivity index (χ1) is 6.72. The highest BCUT2D eigenvalue weighted by Crippen LogP contribution is 2.17. The smallest absolute Gasteiger partial charge is 0.258 e. The summed E-state index contributed by atoms with van der Waals surface area (Å²) >= 11 is 0. The zero-order valence-corrected chi connectivity index (χ0v) is 6.91. The number of halogens is 1. The van der Waals surface area contributed by atoms with E-state index in [4.69, 9.17) is 5.21 Å². The summed E-state index contributed by atoms with van der Waals surface area (Å²) < 4.78 is 13.1. The third kappa shape index (κ3) is 1.21. The molecule has 2 aromatic rings. The molecule has 0 saturated heterocycles. The first-order valence-electron chi connectivity index (χ1n) is 3.79. The van der Waals surface area contributed by atoms with Gasteiger partial charge < -0.3 is 4.98 Å². The van der Waals surface area contributed by atoms with Crippen molar-refractivity contribution in [3.05, 3.63) is 34.6 Å². The summed E-state index contributed by atoms with van der Waals surface area (Å²) in [5.74, 6) is -0.668. The lowest BCUT2D eigenvalue weighted by molar-refractivity contribution is 0.384. The second-order valence-corrected chi connectivity index (χ2v) is 2.69. The van der Waals surface area contributed by atoms with E-state index in [0.29, 0.717) is 0 Å². The van der Waals surface area contributed by atoms with Crippen LogP contribution in [0.2, 0.25) is 0 Å². The van der Waals surface area contributed by atoms with Crippen LogP contribution in [0.25, 0.3) is 10.9 Å². The Morgan fingerprint density at radius 1 is 1.50 bits per heavy atom. The van der Waals surface area contributed by atoms with E-state index in [-0.39, 0.29) is 22.1 Å². The van der Waals surface area contributed by atoms with Crippen molar-refractivity contribution in [2.24, 2.45) is 0 Å². The van der Waals surface area contributed by atoms with Gasteiger partial charge in [0, 0.05) is 6.07 Å². The summed E-state index contributed by atoms with van der Waals surface area (Å²) in [4.78, 5) is 17.4. The zero-order chi connectivity index (χ0) is 10.1. The van der Waals surface area contributed by atoms with Crippen molar-refractivity contribution in [2.75, 3.05) is 5.48 Å². The number of anilines is 1. The molecule has 5 nitrogen and oxygen atoms in total. The van der Waals surface area contributed by atoms with Crippen molar-refractivity contribution in [1.82, 2.24) is 9.97 Å². The number of nitrogens with one attached hydrogen (secondary N) is 2. The van der Waals surface area contributed by atoms with E-state index in [9.17, 15) is 9.18 Å². The van der Waals surface area contributed by atoms with Gasteiger partial charge in [-0.05, 0) is 6.07 Å². The van der Waals surface area contributed by atoms with E-state index in [0.717, 1.165) is 6.07 Å². The van der Waals surface area contributed by atoms with Gasteiger partial charge in [0.2, 0.25) is 0 Å². The predicted octanol–water partition coefficient (Wildman–Crippen LogP) is 0.863. The number of hydrogen-bond acceptors (Lipinski definition) is 4. The molecule has 0 amide bonds. The van der Waals surface area contributed by atoms with Crippen LogP contribution >= 0.6 is 0 Å². The van der Waals surface area contributed by atoms with Gasteiger partial charge in [-0.2, -0.15) is 0 Å². The molecule has 0 saturated carbocycles. The highest BCUT2D eigenvalue weighted by molar-refractivity contribution is 5.81. The molecule has 3 N–H and O–H groups in total. The molecule has 0 atom stereocenters. The maximum absolute atomic E-state index is 13.1. The Labute approximate surface area is 77.2 Å². The molecular weight excluding hydrogens is 189 g/mol. The molecule has 0 spiro atoms. The van der Waals surface area contributed by atoms with E-state index in [1.165, 1.54) is 12.4 Å². The Bertz CT molecular complexity index is 538. The largest absolute Gasteiger partial charge is 0.313 e. The highest BCUT2D eigenvalue weighted by Gasteiger charge is 2.06. The highest BCUT2D eigenvalue weighted by atomic mass is 19.1. The van der Waals surface area contributed by atoms with Crippen molar-refractivity contribution in [3.8, 4) is 0 Å². The minimum Gasteiger partial charge on any atom is -0.313 e. The monoisotopic (exact) mass is 195 g/mol. The van der Waals surface area contributed by atoms with Crippen LogP contribution in [-0.4, -0.2) is 15.2 Å². The van der Waals surface area contributed by atoms with Crippen LogP contribution in [0.3, 0.4) is 0 Å². The molecule has 0 aliphatic rings. The molecule has 1 heterocycles. The van der Waals surface area contributed by atoms with Gasteiger partial charge in [-0.1, -0.05) is 0 Å². The van der Waals surface area contributed by atoms with Crippen LogP contribution in [0.4, 0.5) is 10.1 Å². The predicted molar refractivity (Wildman–Crippen MR) is 47.7 cm³/mol. The summed E-state index contributed by atoms with van der Waals surface area (Å²) in [5.41, 5.74) is 1.36. The van der Waals surface area contributed by atoms with Gasteiger partial charge in [-0.3, -0.25) is 15.5 Å². The number of hydrogen-bond donors (Lipinski definition) is 3. The number of fused-ring (bicyclic) bond motifs is 1. The topological polar surface area (TPSA) is 78.0 Å². The Morgan fingerprint density at radius 2 is 2.29 bits per heavy atom. The summed E-state index contributed by atoms with van der Waals surface area (Å²) in [5, 5.41) is 8.76. The van der Waals surface area contributed by atoms with Crippen molar-refractivity contribution >= 4 is 16.6 Å². The van der Waals surface area contributed by atoms with Gasteiger partial charge in [0.25, 0.3) is 5.56 Å². The van der Waals surface area contributed by atoms with Gasteiger partial charge in [0.05, 0.1) is 22.9 Å². The Kier molecular flexibility index (Phi) is 1.90. The molecule has 6 heteroatoms. The van der Waals surface area contributed by atoms with Gasteiger partial charge in [0.1, 0.15) is 0 Å². The molecule has 1 aromatic carbocycles. The molecule has 0 fully saturated rings. The Balaban J connectivity index is 2.87. The lowest BCUT2D eigenvalue weighted by Crippen LogP contribution is -2.07. The van der Waals surface area contributed by atoms with Crippen molar-refractivity contribution in [2.45, 2.75) is 0 Å². The number of aromatic nitrogens is 2. The molecule has 0 unspecified atom stereocenters. The quantitative estimate of drug-likeness (QED) is 0.590. The van der Waals surface area contributed by atoms with Gasteiger partial charge in [0.15, 0.2) is 5.82 Å². The zero-order valence-electron chi connectivity index (χ0n) is 6.91. The summed E-state index contributed by atoms with van der Waals surface area (Å²) in [6, 6.07) is 2.26. The SMILES string of the molecule is O=c1[nH]cnc2cc(F)c(NO)cc12. The minimum atomic E-state index is -0.668. The first kappa shape index (κ1) is 8.64. The summed E-state index contributed by atoms with van der Waals surface area (Å²) in [7, 11) is 0. The normalized spacial score (nSPS) is 10.4. The number of rotatable bonds is 1. The number of benzene rings is 1. The molecule has 72 valence electrons. The van der Waals surface area contributed by atoms with Crippen LogP contribution < -0.4 is 11.0 Å². The Hall–Kier alpha value is -1.95. The third-order valence-electron chi connectivity index (χ3n) is 1.85. The Morgan fingerprint density at radius 3 is 3.00 bits per heavy atom. The van der Waals surface area contributed by atoms with Crippen molar-refractivity contribution < 1.29 is 9.60 Å². The van der Waals surface area contributed by atoms with Crippen LogP contribution in [0.15, 0.2) is 23.3 Å². The molecule has 0 aliphatic carbocycles. The molecular formula is C8H6FN3O2. The molecule has 0 aliphatic heterocycles. The molecule has 14 heavy (non-hydrogen) atoms. The standard InChI is InChI=1S/C8H6FN3O2/c9-5-2-6-4(1-7(5)12-14)8(13)11-3-10-6/h1-3,12,14H,(H,10,11,13). The van der Waals surface area contributed by atoms with Crippen LogP contribution in [0.1, 0.15) is 0 Å². The van der Waals surface area contributed by atoms with E-state index >= 15 is 0 Å². The number of aromatic amines is 1.